The Kier molecular flexibility index (Phi) is 7.01. The smallest absolute Gasteiger partial charge is 0.338 e. The van der Waals surface area contributed by atoms with Gasteiger partial charge in [-0.2, -0.15) is 0 Å². The maximum atomic E-state index is 11.6. The monoisotopic (exact) mass is 366 g/mol. The number of hydrogen-bond donors (Lipinski definition) is 0. The molecule has 27 heavy (non-hydrogen) atoms. The van der Waals surface area contributed by atoms with Crippen molar-refractivity contribution in [1.82, 2.24) is 0 Å². The van der Waals surface area contributed by atoms with E-state index in [2.05, 4.69) is 25.7 Å². The van der Waals surface area contributed by atoms with E-state index in [9.17, 15) is 9.59 Å². The van der Waals surface area contributed by atoms with E-state index in [0.717, 1.165) is 36.2 Å². The van der Waals surface area contributed by atoms with Crippen LogP contribution in [0.2, 0.25) is 0 Å². The molecule has 1 aliphatic carbocycles. The molecule has 1 aromatic carbocycles. The highest BCUT2D eigenvalue weighted by Crippen LogP contribution is 2.41. The van der Waals surface area contributed by atoms with Crippen LogP contribution in [0.1, 0.15) is 62.9 Å². The zero-order valence-electron chi connectivity index (χ0n) is 16.4. The molecule has 4 heteroatoms. The third kappa shape index (κ3) is 5.86. The Hall–Kier alpha value is -2.80. The Morgan fingerprint density at radius 3 is 2.56 bits per heavy atom. The first-order valence-corrected chi connectivity index (χ1v) is 9.21. The van der Waals surface area contributed by atoms with Crippen molar-refractivity contribution in [2.45, 2.75) is 47.0 Å². The van der Waals surface area contributed by atoms with Gasteiger partial charge >= 0.3 is 11.9 Å². The van der Waals surface area contributed by atoms with Gasteiger partial charge in [0, 0.05) is 18.9 Å². The van der Waals surface area contributed by atoms with Crippen molar-refractivity contribution >= 4 is 11.9 Å². The molecule has 0 heterocycles. The topological polar surface area (TPSA) is 52.6 Å². The number of rotatable bonds is 4. The van der Waals surface area contributed by atoms with Crippen molar-refractivity contribution in [1.29, 1.82) is 0 Å². The molecule has 0 unspecified atom stereocenters. The van der Waals surface area contributed by atoms with Gasteiger partial charge in [-0.15, -0.1) is 0 Å². The van der Waals surface area contributed by atoms with E-state index in [0.29, 0.717) is 12.2 Å². The molecule has 4 nitrogen and oxygen atoms in total. The molecule has 0 atom stereocenters. The minimum absolute atomic E-state index is 0.0531. The highest BCUT2D eigenvalue weighted by molar-refractivity contribution is 5.89. The number of ether oxygens (including phenoxy) is 2. The highest BCUT2D eigenvalue weighted by atomic mass is 16.5. The second kappa shape index (κ2) is 9.23. The number of esters is 2. The van der Waals surface area contributed by atoms with Crippen LogP contribution in [0.5, 0.6) is 0 Å². The lowest BCUT2D eigenvalue weighted by molar-refractivity contribution is -0.137. The number of benzene rings is 1. The number of carbonyl (C=O) groups excluding carboxylic acids is 2. The van der Waals surface area contributed by atoms with Crippen molar-refractivity contribution in [3.8, 4) is 11.8 Å². The lowest BCUT2D eigenvalue weighted by Gasteiger charge is -2.32. The summed E-state index contributed by atoms with van der Waals surface area (Å²) in [6.45, 7) is 7.86. The molecule has 0 fully saturated rings. The Morgan fingerprint density at radius 2 is 1.93 bits per heavy atom. The minimum atomic E-state index is -0.332. The van der Waals surface area contributed by atoms with Gasteiger partial charge in [-0.3, -0.25) is 4.79 Å². The van der Waals surface area contributed by atoms with Crippen LogP contribution in [0.4, 0.5) is 0 Å². The molecular weight excluding hydrogens is 340 g/mol. The molecule has 0 saturated carbocycles. The third-order valence-corrected chi connectivity index (χ3v) is 4.45. The molecule has 1 aliphatic rings. The maximum Gasteiger partial charge on any atom is 0.338 e. The van der Waals surface area contributed by atoms with Crippen molar-refractivity contribution in [3.05, 3.63) is 58.9 Å². The first-order valence-electron chi connectivity index (χ1n) is 9.21. The van der Waals surface area contributed by atoms with E-state index in [1.165, 1.54) is 6.92 Å². The molecule has 0 N–H and O–H groups in total. The Balaban J connectivity index is 2.15. The van der Waals surface area contributed by atoms with Crippen molar-refractivity contribution in [2.24, 2.45) is 5.41 Å². The molecule has 142 valence electrons. The van der Waals surface area contributed by atoms with Gasteiger partial charge in [-0.05, 0) is 67.2 Å². The fraction of sp³-hybridized carbons (Fsp3) is 0.391. The zero-order chi connectivity index (χ0) is 19.9. The van der Waals surface area contributed by atoms with E-state index in [-0.39, 0.29) is 17.4 Å². The number of hydrogen-bond acceptors (Lipinski definition) is 4. The molecule has 2 rings (SSSR count). The van der Waals surface area contributed by atoms with Crippen molar-refractivity contribution in [3.63, 3.8) is 0 Å². The van der Waals surface area contributed by atoms with Crippen LogP contribution in [0.3, 0.4) is 0 Å². The SMILES string of the molecule is CCOC(=O)c1ccc(C#C/C=C/C2=C(OC(C)=O)CCCC2(C)C)cc1. The van der Waals surface area contributed by atoms with E-state index in [1.54, 1.807) is 37.3 Å². The molecule has 0 radical (unpaired) electrons. The molecule has 0 saturated heterocycles. The predicted octanol–water partition coefficient (Wildman–Crippen LogP) is 4.80. The molecule has 0 aromatic heterocycles. The van der Waals surface area contributed by atoms with Crippen molar-refractivity contribution < 1.29 is 19.1 Å². The molecular formula is C23H26O4. The van der Waals surface area contributed by atoms with E-state index in [1.807, 2.05) is 6.08 Å². The van der Waals surface area contributed by atoms with Crippen LogP contribution in [-0.4, -0.2) is 18.5 Å². The quantitative estimate of drug-likeness (QED) is 0.567. The molecule has 0 bridgehead atoms. The predicted molar refractivity (Wildman–Crippen MR) is 105 cm³/mol. The molecule has 1 aromatic rings. The summed E-state index contributed by atoms with van der Waals surface area (Å²) in [5.74, 6) is 6.18. The lowest BCUT2D eigenvalue weighted by atomic mass is 9.74. The fourth-order valence-electron chi connectivity index (χ4n) is 3.09. The van der Waals surface area contributed by atoms with Gasteiger partial charge in [0.05, 0.1) is 12.2 Å². The highest BCUT2D eigenvalue weighted by Gasteiger charge is 2.29. The molecule has 0 amide bonds. The summed E-state index contributed by atoms with van der Waals surface area (Å²) < 4.78 is 10.4. The first kappa shape index (κ1) is 20.5. The van der Waals surface area contributed by atoms with Crippen LogP contribution in [-0.2, 0) is 14.3 Å². The zero-order valence-corrected chi connectivity index (χ0v) is 16.4. The van der Waals surface area contributed by atoms with E-state index >= 15 is 0 Å². The second-order valence-corrected chi connectivity index (χ2v) is 7.07. The maximum absolute atomic E-state index is 11.6. The minimum Gasteiger partial charge on any atom is -0.462 e. The van der Waals surface area contributed by atoms with E-state index < -0.39 is 0 Å². The van der Waals surface area contributed by atoms with Crippen LogP contribution in [0.15, 0.2) is 47.7 Å². The summed E-state index contributed by atoms with van der Waals surface area (Å²) in [6, 6.07) is 7.00. The fourth-order valence-corrected chi connectivity index (χ4v) is 3.09. The third-order valence-electron chi connectivity index (χ3n) is 4.45. The Labute approximate surface area is 161 Å². The van der Waals surface area contributed by atoms with Gasteiger partial charge in [0.25, 0.3) is 0 Å². The number of carbonyl (C=O) groups is 2. The summed E-state index contributed by atoms with van der Waals surface area (Å²) in [5, 5.41) is 0. The van der Waals surface area contributed by atoms with Crippen molar-refractivity contribution in [2.75, 3.05) is 6.61 Å². The van der Waals surface area contributed by atoms with E-state index in [4.69, 9.17) is 9.47 Å². The van der Waals surface area contributed by atoms with Gasteiger partial charge in [-0.1, -0.05) is 25.7 Å². The second-order valence-electron chi connectivity index (χ2n) is 7.07. The standard InChI is InChI=1S/C23H26O4/c1-5-26-22(25)19-14-12-18(13-15-19)9-6-7-10-20-21(27-17(2)24)11-8-16-23(20,3)4/h7,10,12-15H,5,8,11,16H2,1-4H3/b10-7+. The van der Waals surface area contributed by atoms with Gasteiger partial charge in [-0.25, -0.2) is 4.79 Å². The van der Waals surface area contributed by atoms with Crippen LogP contribution >= 0.6 is 0 Å². The van der Waals surface area contributed by atoms with Gasteiger partial charge in [0.2, 0.25) is 0 Å². The summed E-state index contributed by atoms with van der Waals surface area (Å²) in [5.41, 5.74) is 2.29. The van der Waals surface area contributed by atoms with Gasteiger partial charge in [0.15, 0.2) is 0 Å². The summed E-state index contributed by atoms with van der Waals surface area (Å²) in [4.78, 5) is 23.0. The molecule has 0 aliphatic heterocycles. The summed E-state index contributed by atoms with van der Waals surface area (Å²) in [6.07, 6.45) is 6.54. The van der Waals surface area contributed by atoms with Gasteiger partial charge in [0.1, 0.15) is 5.76 Å². The first-order chi connectivity index (χ1) is 12.8. The number of allylic oxidation sites excluding steroid dienone is 4. The Bertz CT molecular complexity index is 814. The molecule has 0 spiro atoms. The summed E-state index contributed by atoms with van der Waals surface area (Å²) >= 11 is 0. The average Bonchev–Trinajstić information content (AvgIpc) is 2.60. The average molecular weight is 366 g/mol. The summed E-state index contributed by atoms with van der Waals surface area (Å²) in [7, 11) is 0. The van der Waals surface area contributed by atoms with Gasteiger partial charge < -0.3 is 9.47 Å². The lowest BCUT2D eigenvalue weighted by Crippen LogP contribution is -2.21. The van der Waals surface area contributed by atoms with Crippen LogP contribution in [0, 0.1) is 17.3 Å². The normalized spacial score (nSPS) is 15.9. The van der Waals surface area contributed by atoms with Crippen LogP contribution < -0.4 is 0 Å². The Morgan fingerprint density at radius 1 is 1.22 bits per heavy atom. The van der Waals surface area contributed by atoms with Crippen LogP contribution in [0.25, 0.3) is 0 Å². The largest absolute Gasteiger partial charge is 0.462 e.